The molecule has 0 amide bonds. The van der Waals surface area contributed by atoms with Crippen LogP contribution in [0.4, 0.5) is 17.1 Å². The van der Waals surface area contributed by atoms with E-state index in [1.54, 1.807) is 30.3 Å². The summed E-state index contributed by atoms with van der Waals surface area (Å²) in [6.07, 6.45) is 0. The molecule has 1 atom stereocenters. The van der Waals surface area contributed by atoms with E-state index in [1.165, 1.54) is 18.2 Å². The summed E-state index contributed by atoms with van der Waals surface area (Å²) in [7, 11) is -4.02. The number of benzene rings is 2. The number of rotatable bonds is 5. The van der Waals surface area contributed by atoms with Crippen LogP contribution in [0.1, 0.15) is 6.92 Å². The molecule has 3 N–H and O–H groups in total. The highest BCUT2D eigenvalue weighted by Crippen LogP contribution is 2.23. The van der Waals surface area contributed by atoms with E-state index >= 15 is 0 Å². The van der Waals surface area contributed by atoms with Gasteiger partial charge in [-0.1, -0.05) is 6.07 Å². The van der Waals surface area contributed by atoms with Crippen molar-refractivity contribution in [3.05, 3.63) is 58.6 Å². The highest BCUT2D eigenvalue weighted by molar-refractivity contribution is 7.91. The third-order valence-electron chi connectivity index (χ3n) is 3.11. The predicted molar refractivity (Wildman–Crippen MR) is 84.2 cm³/mol. The van der Waals surface area contributed by atoms with E-state index in [2.05, 4.69) is 5.32 Å². The van der Waals surface area contributed by atoms with Crippen LogP contribution in [0.2, 0.25) is 0 Å². The topological polar surface area (TPSA) is 115 Å². The van der Waals surface area contributed by atoms with E-state index in [0.29, 0.717) is 11.4 Å². The second kappa shape index (κ2) is 6.02. The molecule has 0 spiro atoms. The monoisotopic (exact) mass is 321 g/mol. The smallest absolute Gasteiger partial charge is 0.311 e. The summed E-state index contributed by atoms with van der Waals surface area (Å²) < 4.78 is 24.3. The van der Waals surface area contributed by atoms with Gasteiger partial charge >= 0.3 is 5.37 Å². The van der Waals surface area contributed by atoms with Gasteiger partial charge in [0, 0.05) is 28.9 Å². The minimum atomic E-state index is -4.02. The fourth-order valence-electron chi connectivity index (χ4n) is 1.79. The first-order chi connectivity index (χ1) is 10.3. The average Bonchev–Trinajstić information content (AvgIpc) is 2.49. The predicted octanol–water partition coefficient (Wildman–Crippen LogP) is 2.41. The molecule has 0 aromatic heterocycles. The first-order valence-corrected chi connectivity index (χ1v) is 7.95. The molecular weight excluding hydrogens is 306 g/mol. The van der Waals surface area contributed by atoms with Gasteiger partial charge in [-0.3, -0.25) is 10.1 Å². The largest absolute Gasteiger partial charge is 0.399 e. The van der Waals surface area contributed by atoms with E-state index in [1.807, 2.05) is 0 Å². The number of hydrogen-bond donors (Lipinski definition) is 2. The third-order valence-corrected chi connectivity index (χ3v) is 5.09. The summed E-state index contributed by atoms with van der Waals surface area (Å²) in [5, 5.41) is 12.1. The number of anilines is 3. The van der Waals surface area contributed by atoms with E-state index in [9.17, 15) is 18.5 Å². The molecule has 0 aliphatic carbocycles. The van der Waals surface area contributed by atoms with Crippen LogP contribution in [0.25, 0.3) is 0 Å². The molecule has 2 rings (SSSR count). The summed E-state index contributed by atoms with van der Waals surface area (Å²) in [4.78, 5) is 9.80. The standard InChI is InChI=1S/C14H15N3O4S/c1-10(17(18)19)22(20,21)14-4-2-3-13(9-14)16-12-7-5-11(15)6-8-12/h2-10,16H,15H2,1H3. The Kier molecular flexibility index (Phi) is 4.32. The Hall–Kier alpha value is -2.61. The maximum Gasteiger partial charge on any atom is 0.311 e. The Morgan fingerprint density at radius 2 is 1.77 bits per heavy atom. The van der Waals surface area contributed by atoms with Gasteiger partial charge in [0.1, 0.15) is 0 Å². The third kappa shape index (κ3) is 3.34. The average molecular weight is 321 g/mol. The molecule has 0 saturated carbocycles. The molecule has 0 radical (unpaired) electrons. The fourth-order valence-corrected chi connectivity index (χ4v) is 2.97. The molecule has 0 heterocycles. The van der Waals surface area contributed by atoms with Gasteiger partial charge in [0.05, 0.1) is 4.90 Å². The molecule has 1 unspecified atom stereocenters. The minimum Gasteiger partial charge on any atom is -0.399 e. The van der Waals surface area contributed by atoms with Gasteiger partial charge in [0.25, 0.3) is 0 Å². The van der Waals surface area contributed by atoms with Crippen molar-refractivity contribution in [2.75, 3.05) is 11.1 Å². The number of nitrogens with zero attached hydrogens (tertiary/aromatic N) is 1. The van der Waals surface area contributed by atoms with Crippen LogP contribution in [0, 0.1) is 10.1 Å². The zero-order chi connectivity index (χ0) is 16.3. The molecule has 0 saturated heterocycles. The molecule has 0 aliphatic rings. The van der Waals surface area contributed by atoms with Crippen LogP contribution in [-0.4, -0.2) is 18.7 Å². The number of sulfone groups is 1. The molecule has 7 nitrogen and oxygen atoms in total. The SMILES string of the molecule is CC([N+](=O)[O-])S(=O)(=O)c1cccc(Nc2ccc(N)cc2)c1. The van der Waals surface area contributed by atoms with Crippen LogP contribution in [-0.2, 0) is 9.84 Å². The van der Waals surface area contributed by atoms with E-state index in [-0.39, 0.29) is 4.90 Å². The van der Waals surface area contributed by atoms with Crippen molar-refractivity contribution >= 4 is 26.9 Å². The van der Waals surface area contributed by atoms with Gasteiger partial charge in [0.15, 0.2) is 0 Å². The molecule has 116 valence electrons. The lowest BCUT2D eigenvalue weighted by Crippen LogP contribution is -2.26. The van der Waals surface area contributed by atoms with Crippen LogP contribution in [0.15, 0.2) is 53.4 Å². The second-order valence-electron chi connectivity index (χ2n) is 4.70. The van der Waals surface area contributed by atoms with Crippen molar-refractivity contribution in [1.82, 2.24) is 0 Å². The number of nitro groups is 1. The molecule has 0 fully saturated rings. The zero-order valence-electron chi connectivity index (χ0n) is 11.8. The van der Waals surface area contributed by atoms with Crippen molar-refractivity contribution in [2.24, 2.45) is 0 Å². The first-order valence-electron chi connectivity index (χ1n) is 6.41. The highest BCUT2D eigenvalue weighted by atomic mass is 32.2. The van der Waals surface area contributed by atoms with Crippen molar-refractivity contribution in [3.8, 4) is 0 Å². The Morgan fingerprint density at radius 1 is 1.14 bits per heavy atom. The van der Waals surface area contributed by atoms with Gasteiger partial charge in [-0.05, 0) is 42.5 Å². The Bertz CT molecular complexity index is 788. The minimum absolute atomic E-state index is 0.0999. The molecule has 0 bridgehead atoms. The van der Waals surface area contributed by atoms with Gasteiger partial charge in [-0.15, -0.1) is 0 Å². The number of nitrogens with two attached hydrogens (primary N) is 1. The van der Waals surface area contributed by atoms with Crippen LogP contribution >= 0.6 is 0 Å². The highest BCUT2D eigenvalue weighted by Gasteiger charge is 2.32. The van der Waals surface area contributed by atoms with E-state index in [0.717, 1.165) is 12.6 Å². The number of nitrogen functional groups attached to an aromatic ring is 1. The van der Waals surface area contributed by atoms with Crippen molar-refractivity contribution in [3.63, 3.8) is 0 Å². The van der Waals surface area contributed by atoms with Crippen LogP contribution in [0.3, 0.4) is 0 Å². The van der Waals surface area contributed by atoms with Gasteiger partial charge < -0.3 is 11.1 Å². The lowest BCUT2D eigenvalue weighted by Gasteiger charge is -2.10. The lowest BCUT2D eigenvalue weighted by molar-refractivity contribution is -0.493. The molecule has 0 aliphatic heterocycles. The summed E-state index contributed by atoms with van der Waals surface area (Å²) >= 11 is 0. The summed E-state index contributed by atoms with van der Waals surface area (Å²) in [6.45, 7) is 1.05. The Morgan fingerprint density at radius 3 is 2.36 bits per heavy atom. The van der Waals surface area contributed by atoms with E-state index in [4.69, 9.17) is 5.73 Å². The summed E-state index contributed by atoms with van der Waals surface area (Å²) in [5.74, 6) is 0. The van der Waals surface area contributed by atoms with Gasteiger partial charge in [0.2, 0.25) is 9.84 Å². The lowest BCUT2D eigenvalue weighted by atomic mass is 10.2. The molecule has 2 aromatic carbocycles. The Balaban J connectivity index is 2.30. The first kappa shape index (κ1) is 15.8. The molecule has 2 aromatic rings. The molecular formula is C14H15N3O4S. The summed E-state index contributed by atoms with van der Waals surface area (Å²) in [5.41, 5.74) is 7.45. The Labute approximate surface area is 127 Å². The maximum absolute atomic E-state index is 12.1. The van der Waals surface area contributed by atoms with Crippen molar-refractivity contribution in [1.29, 1.82) is 0 Å². The molecule has 22 heavy (non-hydrogen) atoms. The number of nitrogens with one attached hydrogen (secondary N) is 1. The maximum atomic E-state index is 12.1. The number of hydrogen-bond acceptors (Lipinski definition) is 6. The van der Waals surface area contributed by atoms with Gasteiger partial charge in [-0.2, -0.15) is 0 Å². The molecule has 8 heteroatoms. The van der Waals surface area contributed by atoms with Crippen LogP contribution < -0.4 is 11.1 Å². The fraction of sp³-hybridized carbons (Fsp3) is 0.143. The van der Waals surface area contributed by atoms with E-state index < -0.39 is 20.1 Å². The van der Waals surface area contributed by atoms with Crippen LogP contribution in [0.5, 0.6) is 0 Å². The van der Waals surface area contributed by atoms with Crippen molar-refractivity contribution in [2.45, 2.75) is 17.2 Å². The summed E-state index contributed by atoms with van der Waals surface area (Å²) in [6, 6.07) is 12.8. The second-order valence-corrected chi connectivity index (χ2v) is 6.95. The van der Waals surface area contributed by atoms with Gasteiger partial charge in [-0.25, -0.2) is 8.42 Å². The zero-order valence-corrected chi connectivity index (χ0v) is 12.6. The quantitative estimate of drug-likeness (QED) is 0.496. The van der Waals surface area contributed by atoms with Crippen molar-refractivity contribution < 1.29 is 13.3 Å². The normalized spacial score (nSPS) is 12.6.